The fourth-order valence-electron chi connectivity index (χ4n) is 3.22. The van der Waals surface area contributed by atoms with Gasteiger partial charge in [-0.2, -0.15) is 0 Å². The van der Waals surface area contributed by atoms with Crippen molar-refractivity contribution >= 4 is 23.1 Å². The van der Waals surface area contributed by atoms with Crippen LogP contribution in [0.4, 0.5) is 0 Å². The monoisotopic (exact) mass is 284 g/mol. The van der Waals surface area contributed by atoms with E-state index in [1.54, 1.807) is 0 Å². The van der Waals surface area contributed by atoms with Crippen LogP contribution >= 0.6 is 12.2 Å². The highest BCUT2D eigenvalue weighted by atomic mass is 32.1. The van der Waals surface area contributed by atoms with E-state index in [9.17, 15) is 4.79 Å². The Morgan fingerprint density at radius 1 is 1.42 bits per heavy atom. The summed E-state index contributed by atoms with van der Waals surface area (Å²) in [4.78, 5) is 12.8. The van der Waals surface area contributed by atoms with Gasteiger partial charge < -0.3 is 15.8 Å². The molecule has 1 saturated carbocycles. The average molecular weight is 284 g/mol. The molecule has 2 atom stereocenters. The van der Waals surface area contributed by atoms with Crippen LogP contribution in [0, 0.1) is 17.3 Å². The molecule has 1 aliphatic carbocycles. The molecule has 5 heteroatoms. The molecule has 0 aromatic heterocycles. The Bertz CT molecular complexity index is 353. The van der Waals surface area contributed by atoms with Crippen molar-refractivity contribution < 1.29 is 9.53 Å². The SMILES string of the molecule is CC1CCCC1CNC(=O)C1(C(N)=S)CCOCC1. The van der Waals surface area contributed by atoms with Gasteiger partial charge in [-0.25, -0.2) is 0 Å². The minimum atomic E-state index is -0.685. The highest BCUT2D eigenvalue weighted by Gasteiger charge is 2.43. The summed E-state index contributed by atoms with van der Waals surface area (Å²) in [6.45, 7) is 4.14. The van der Waals surface area contributed by atoms with Gasteiger partial charge in [0.05, 0.1) is 4.99 Å². The second-order valence-electron chi connectivity index (χ2n) is 5.94. The molecule has 4 nitrogen and oxygen atoms in total. The molecular weight excluding hydrogens is 260 g/mol. The van der Waals surface area contributed by atoms with E-state index in [1.165, 1.54) is 19.3 Å². The van der Waals surface area contributed by atoms with Crippen LogP contribution in [0.25, 0.3) is 0 Å². The number of nitrogens with one attached hydrogen (secondary N) is 1. The van der Waals surface area contributed by atoms with E-state index in [2.05, 4.69) is 12.2 Å². The maximum absolute atomic E-state index is 12.5. The Morgan fingerprint density at radius 3 is 2.63 bits per heavy atom. The largest absolute Gasteiger partial charge is 0.392 e. The summed E-state index contributed by atoms with van der Waals surface area (Å²) in [5, 5.41) is 3.08. The van der Waals surface area contributed by atoms with Crippen LogP contribution in [0.1, 0.15) is 39.0 Å². The van der Waals surface area contributed by atoms with Gasteiger partial charge in [-0.05, 0) is 31.1 Å². The second-order valence-corrected chi connectivity index (χ2v) is 6.38. The number of amides is 1. The molecule has 1 saturated heterocycles. The predicted octanol–water partition coefficient (Wildman–Crippen LogP) is 1.62. The van der Waals surface area contributed by atoms with Crippen LogP contribution in [0.2, 0.25) is 0 Å². The van der Waals surface area contributed by atoms with Crippen molar-refractivity contribution in [1.82, 2.24) is 5.32 Å². The molecule has 19 heavy (non-hydrogen) atoms. The Labute approximate surface area is 120 Å². The number of thiocarbonyl (C=S) groups is 1. The zero-order valence-electron chi connectivity index (χ0n) is 11.6. The summed E-state index contributed by atoms with van der Waals surface area (Å²) in [7, 11) is 0. The summed E-state index contributed by atoms with van der Waals surface area (Å²) in [5.41, 5.74) is 5.14. The molecule has 2 fully saturated rings. The highest BCUT2D eigenvalue weighted by molar-refractivity contribution is 7.80. The Morgan fingerprint density at radius 2 is 2.11 bits per heavy atom. The average Bonchev–Trinajstić information content (AvgIpc) is 2.82. The Balaban J connectivity index is 1.94. The molecule has 0 aromatic rings. The number of hydrogen-bond donors (Lipinski definition) is 2. The lowest BCUT2D eigenvalue weighted by atomic mass is 9.79. The van der Waals surface area contributed by atoms with Gasteiger partial charge in [-0.15, -0.1) is 0 Å². The molecule has 0 radical (unpaired) electrons. The first-order valence-electron chi connectivity index (χ1n) is 7.22. The second kappa shape index (κ2) is 6.18. The van der Waals surface area contributed by atoms with Crippen molar-refractivity contribution in [3.8, 4) is 0 Å². The van der Waals surface area contributed by atoms with E-state index >= 15 is 0 Å². The zero-order valence-corrected chi connectivity index (χ0v) is 12.4. The topological polar surface area (TPSA) is 64.4 Å². The molecule has 3 N–H and O–H groups in total. The van der Waals surface area contributed by atoms with Crippen molar-refractivity contribution in [2.45, 2.75) is 39.0 Å². The third-order valence-corrected chi connectivity index (χ3v) is 5.21. The van der Waals surface area contributed by atoms with Crippen LogP contribution in [0.5, 0.6) is 0 Å². The van der Waals surface area contributed by atoms with Crippen LogP contribution < -0.4 is 11.1 Å². The molecular formula is C14H24N2O2S. The Kier molecular flexibility index (Phi) is 4.79. The van der Waals surface area contributed by atoms with Crippen molar-refractivity contribution in [3.05, 3.63) is 0 Å². The molecule has 1 heterocycles. The lowest BCUT2D eigenvalue weighted by molar-refractivity contribution is -0.131. The summed E-state index contributed by atoms with van der Waals surface area (Å²) < 4.78 is 5.32. The number of hydrogen-bond acceptors (Lipinski definition) is 3. The van der Waals surface area contributed by atoms with Gasteiger partial charge >= 0.3 is 0 Å². The van der Waals surface area contributed by atoms with Crippen molar-refractivity contribution in [1.29, 1.82) is 0 Å². The normalized spacial score (nSPS) is 29.9. The lowest BCUT2D eigenvalue weighted by Gasteiger charge is -2.35. The van der Waals surface area contributed by atoms with Crippen LogP contribution in [-0.2, 0) is 9.53 Å². The first kappa shape index (κ1) is 14.7. The number of rotatable bonds is 4. The fraction of sp³-hybridized carbons (Fsp3) is 0.857. The van der Waals surface area contributed by atoms with E-state index in [1.807, 2.05) is 0 Å². The van der Waals surface area contributed by atoms with Crippen molar-refractivity contribution in [3.63, 3.8) is 0 Å². The van der Waals surface area contributed by atoms with E-state index < -0.39 is 5.41 Å². The van der Waals surface area contributed by atoms with Crippen LogP contribution in [-0.4, -0.2) is 30.7 Å². The van der Waals surface area contributed by atoms with Gasteiger partial charge in [-0.3, -0.25) is 4.79 Å². The number of carbonyl (C=O) groups is 1. The summed E-state index contributed by atoms with van der Waals surface area (Å²) in [5.74, 6) is 1.31. The molecule has 108 valence electrons. The van der Waals surface area contributed by atoms with Gasteiger partial charge in [0.2, 0.25) is 5.91 Å². The fourth-order valence-corrected chi connectivity index (χ4v) is 3.52. The summed E-state index contributed by atoms with van der Waals surface area (Å²) >= 11 is 5.14. The Hall–Kier alpha value is -0.680. The van der Waals surface area contributed by atoms with Gasteiger partial charge in [0.15, 0.2) is 0 Å². The first-order valence-corrected chi connectivity index (χ1v) is 7.63. The smallest absolute Gasteiger partial charge is 0.233 e. The van der Waals surface area contributed by atoms with E-state index in [0.717, 1.165) is 6.54 Å². The third kappa shape index (κ3) is 3.08. The molecule has 1 aliphatic heterocycles. The van der Waals surface area contributed by atoms with Crippen LogP contribution in [0.3, 0.4) is 0 Å². The standard InChI is InChI=1S/C14H24N2O2S/c1-10-3-2-4-11(10)9-16-13(17)14(12(15)19)5-7-18-8-6-14/h10-11H,2-9H2,1H3,(H2,15,19)(H,16,17). The minimum absolute atomic E-state index is 0.00222. The molecule has 0 bridgehead atoms. The van der Waals surface area contributed by atoms with E-state index in [-0.39, 0.29) is 5.91 Å². The van der Waals surface area contributed by atoms with Crippen LogP contribution in [0.15, 0.2) is 0 Å². The molecule has 0 aromatic carbocycles. The number of nitrogens with two attached hydrogens (primary N) is 1. The van der Waals surface area contributed by atoms with Crippen molar-refractivity contribution in [2.75, 3.05) is 19.8 Å². The maximum Gasteiger partial charge on any atom is 0.233 e. The molecule has 1 amide bonds. The number of carbonyl (C=O) groups excluding carboxylic acids is 1. The quantitative estimate of drug-likeness (QED) is 0.770. The molecule has 2 rings (SSSR count). The molecule has 2 aliphatic rings. The zero-order chi connectivity index (χ0) is 13.9. The van der Waals surface area contributed by atoms with Gasteiger partial charge in [0.1, 0.15) is 5.41 Å². The predicted molar refractivity (Wildman–Crippen MR) is 78.8 cm³/mol. The lowest BCUT2D eigenvalue weighted by Crippen LogP contribution is -2.52. The highest BCUT2D eigenvalue weighted by Crippen LogP contribution is 2.33. The molecule has 2 unspecified atom stereocenters. The number of ether oxygens (including phenoxy) is 1. The first-order chi connectivity index (χ1) is 9.06. The van der Waals surface area contributed by atoms with Gasteiger partial charge in [-0.1, -0.05) is 32.0 Å². The van der Waals surface area contributed by atoms with Gasteiger partial charge in [0, 0.05) is 19.8 Å². The summed E-state index contributed by atoms with van der Waals surface area (Å²) in [6, 6.07) is 0. The van der Waals surface area contributed by atoms with E-state index in [4.69, 9.17) is 22.7 Å². The third-order valence-electron chi connectivity index (χ3n) is 4.82. The van der Waals surface area contributed by atoms with E-state index in [0.29, 0.717) is 42.9 Å². The minimum Gasteiger partial charge on any atom is -0.392 e. The van der Waals surface area contributed by atoms with Gasteiger partial charge in [0.25, 0.3) is 0 Å². The molecule has 0 spiro atoms. The van der Waals surface area contributed by atoms with Crippen molar-refractivity contribution in [2.24, 2.45) is 23.0 Å². The summed E-state index contributed by atoms with van der Waals surface area (Å²) in [6.07, 6.45) is 4.97. The maximum atomic E-state index is 12.5.